The zero-order chi connectivity index (χ0) is 14.9. The van der Waals surface area contributed by atoms with Gasteiger partial charge in [-0.2, -0.15) is 0 Å². The summed E-state index contributed by atoms with van der Waals surface area (Å²) in [5, 5.41) is 10.8. The average Bonchev–Trinajstić information content (AvgIpc) is 3.13. The highest BCUT2D eigenvalue weighted by Gasteiger charge is 2.49. The van der Waals surface area contributed by atoms with Crippen LogP contribution in [-0.4, -0.2) is 74.3 Å². The standard InChI is InChI=1S/C12H18N6O3/c1-16-7-12(21-11(16)20)4-6-17(8-12)10(19)3-2-5-18-9-13-14-15-18/h9H,2-8H2,1H3/t12-/m1/s1. The Hall–Kier alpha value is -2.19. The van der Waals surface area contributed by atoms with Crippen LogP contribution >= 0.6 is 0 Å². The van der Waals surface area contributed by atoms with Crippen LogP contribution in [0.2, 0.25) is 0 Å². The maximum Gasteiger partial charge on any atom is 0.410 e. The van der Waals surface area contributed by atoms with E-state index in [4.69, 9.17) is 4.74 Å². The van der Waals surface area contributed by atoms with Crippen molar-refractivity contribution in [3.05, 3.63) is 6.33 Å². The van der Waals surface area contributed by atoms with Crippen LogP contribution in [0.15, 0.2) is 6.33 Å². The normalized spacial score (nSPS) is 24.9. The first-order chi connectivity index (χ1) is 10.1. The number of nitrogens with zero attached hydrogens (tertiary/aromatic N) is 6. The third-order valence-electron chi connectivity index (χ3n) is 3.98. The first-order valence-electron chi connectivity index (χ1n) is 7.01. The van der Waals surface area contributed by atoms with Crippen LogP contribution in [0, 0.1) is 0 Å². The highest BCUT2D eigenvalue weighted by molar-refractivity contribution is 5.77. The SMILES string of the molecule is CN1C[C@@]2(CCN(C(=O)CCCn3cnnn3)C2)OC1=O. The first kappa shape index (κ1) is 13.8. The molecule has 2 fully saturated rings. The summed E-state index contributed by atoms with van der Waals surface area (Å²) in [5.74, 6) is 0.0885. The van der Waals surface area contributed by atoms with E-state index in [-0.39, 0.29) is 12.0 Å². The first-order valence-corrected chi connectivity index (χ1v) is 7.01. The lowest BCUT2D eigenvalue weighted by molar-refractivity contribution is -0.131. The number of hydrogen-bond acceptors (Lipinski definition) is 6. The molecule has 9 heteroatoms. The molecule has 0 unspecified atom stereocenters. The molecular weight excluding hydrogens is 276 g/mol. The van der Waals surface area contributed by atoms with E-state index in [0.717, 1.165) is 0 Å². The number of rotatable bonds is 4. The number of hydrogen-bond donors (Lipinski definition) is 0. The van der Waals surface area contributed by atoms with Gasteiger partial charge in [0.15, 0.2) is 5.60 Å². The zero-order valence-corrected chi connectivity index (χ0v) is 11.9. The Labute approximate surface area is 121 Å². The molecule has 1 spiro atoms. The molecule has 0 bridgehead atoms. The van der Waals surface area contributed by atoms with Gasteiger partial charge in [-0.3, -0.25) is 4.79 Å². The van der Waals surface area contributed by atoms with Crippen molar-refractivity contribution in [3.63, 3.8) is 0 Å². The van der Waals surface area contributed by atoms with Gasteiger partial charge in [0.2, 0.25) is 5.91 Å². The lowest BCUT2D eigenvalue weighted by Gasteiger charge is -2.21. The van der Waals surface area contributed by atoms with E-state index < -0.39 is 5.60 Å². The fourth-order valence-corrected chi connectivity index (χ4v) is 2.90. The molecular formula is C12H18N6O3. The topological polar surface area (TPSA) is 93.5 Å². The number of aryl methyl sites for hydroxylation is 1. The minimum atomic E-state index is -0.503. The number of likely N-dealkylation sites (tertiary alicyclic amines) is 1. The van der Waals surface area contributed by atoms with E-state index in [1.54, 1.807) is 21.5 Å². The number of likely N-dealkylation sites (N-methyl/N-ethyl adjacent to an activating group) is 1. The molecule has 1 aromatic rings. The summed E-state index contributed by atoms with van der Waals surface area (Å²) >= 11 is 0. The molecule has 0 aromatic carbocycles. The van der Waals surface area contributed by atoms with Crippen molar-refractivity contribution in [1.29, 1.82) is 0 Å². The van der Waals surface area contributed by atoms with Crippen molar-refractivity contribution >= 4 is 12.0 Å². The molecule has 3 heterocycles. The summed E-state index contributed by atoms with van der Waals surface area (Å²) in [4.78, 5) is 27.0. The van der Waals surface area contributed by atoms with Gasteiger partial charge in [0.25, 0.3) is 0 Å². The molecule has 2 aliphatic heterocycles. The van der Waals surface area contributed by atoms with Crippen LogP contribution in [0.5, 0.6) is 0 Å². The zero-order valence-electron chi connectivity index (χ0n) is 11.9. The Morgan fingerprint density at radius 1 is 1.48 bits per heavy atom. The highest BCUT2D eigenvalue weighted by Crippen LogP contribution is 2.31. The maximum absolute atomic E-state index is 12.2. The van der Waals surface area contributed by atoms with Crippen molar-refractivity contribution in [2.45, 2.75) is 31.4 Å². The van der Waals surface area contributed by atoms with Crippen LogP contribution < -0.4 is 0 Å². The van der Waals surface area contributed by atoms with Crippen LogP contribution in [0.1, 0.15) is 19.3 Å². The summed E-state index contributed by atoms with van der Waals surface area (Å²) in [6.45, 7) is 2.31. The third-order valence-corrected chi connectivity index (χ3v) is 3.98. The fraction of sp³-hybridized carbons (Fsp3) is 0.750. The van der Waals surface area contributed by atoms with Crippen LogP contribution in [0.25, 0.3) is 0 Å². The van der Waals surface area contributed by atoms with Crippen LogP contribution in [0.3, 0.4) is 0 Å². The largest absolute Gasteiger partial charge is 0.439 e. The van der Waals surface area contributed by atoms with Gasteiger partial charge >= 0.3 is 6.09 Å². The Balaban J connectivity index is 1.47. The maximum atomic E-state index is 12.2. The van der Waals surface area contributed by atoms with E-state index in [9.17, 15) is 9.59 Å². The molecule has 2 saturated heterocycles. The molecule has 2 amide bonds. The number of tetrazole rings is 1. The highest BCUT2D eigenvalue weighted by atomic mass is 16.6. The monoisotopic (exact) mass is 294 g/mol. The van der Waals surface area contributed by atoms with Gasteiger partial charge in [0.1, 0.15) is 6.33 Å². The second-order valence-corrected chi connectivity index (χ2v) is 5.65. The molecule has 1 atom stereocenters. The van der Waals surface area contributed by atoms with Crippen LogP contribution in [-0.2, 0) is 16.1 Å². The van der Waals surface area contributed by atoms with Gasteiger partial charge < -0.3 is 14.5 Å². The summed E-state index contributed by atoms with van der Waals surface area (Å²) in [6.07, 6.45) is 3.07. The Bertz CT molecular complexity index is 533. The second kappa shape index (κ2) is 5.30. The average molecular weight is 294 g/mol. The van der Waals surface area contributed by atoms with Crippen molar-refractivity contribution < 1.29 is 14.3 Å². The van der Waals surface area contributed by atoms with Gasteiger partial charge in [-0.25, -0.2) is 9.48 Å². The molecule has 114 valence electrons. The summed E-state index contributed by atoms with van der Waals surface area (Å²) in [6, 6.07) is 0. The van der Waals surface area contributed by atoms with E-state index in [2.05, 4.69) is 15.5 Å². The molecule has 0 aliphatic carbocycles. The lowest BCUT2D eigenvalue weighted by atomic mass is 10.0. The van der Waals surface area contributed by atoms with Gasteiger partial charge in [0, 0.05) is 33.0 Å². The number of aromatic nitrogens is 4. The Morgan fingerprint density at radius 2 is 2.33 bits per heavy atom. The Morgan fingerprint density at radius 3 is 3.00 bits per heavy atom. The van der Waals surface area contributed by atoms with E-state index >= 15 is 0 Å². The predicted octanol–water partition coefficient (Wildman–Crippen LogP) is -0.494. The van der Waals surface area contributed by atoms with Gasteiger partial charge in [0.05, 0.1) is 13.1 Å². The summed E-state index contributed by atoms with van der Waals surface area (Å²) in [5.41, 5.74) is -0.503. The number of carbonyl (C=O) groups excluding carboxylic acids is 2. The predicted molar refractivity (Wildman–Crippen MR) is 70.1 cm³/mol. The van der Waals surface area contributed by atoms with Crippen molar-refractivity contribution in [2.75, 3.05) is 26.7 Å². The quantitative estimate of drug-likeness (QED) is 0.743. The van der Waals surface area contributed by atoms with E-state index in [1.807, 2.05) is 0 Å². The van der Waals surface area contributed by atoms with Crippen molar-refractivity contribution in [2.24, 2.45) is 0 Å². The molecule has 0 N–H and O–H groups in total. The molecule has 1 aromatic heterocycles. The van der Waals surface area contributed by atoms with Gasteiger partial charge in [-0.15, -0.1) is 5.10 Å². The molecule has 2 aliphatic rings. The second-order valence-electron chi connectivity index (χ2n) is 5.65. The molecule has 3 rings (SSSR count). The van der Waals surface area contributed by atoms with Crippen molar-refractivity contribution in [1.82, 2.24) is 30.0 Å². The van der Waals surface area contributed by atoms with Gasteiger partial charge in [-0.1, -0.05) is 0 Å². The number of amides is 2. The fourth-order valence-electron chi connectivity index (χ4n) is 2.90. The minimum Gasteiger partial charge on any atom is -0.439 e. The number of ether oxygens (including phenoxy) is 1. The minimum absolute atomic E-state index is 0.0885. The summed E-state index contributed by atoms with van der Waals surface area (Å²) in [7, 11) is 1.72. The molecule has 21 heavy (non-hydrogen) atoms. The van der Waals surface area contributed by atoms with Gasteiger partial charge in [-0.05, 0) is 16.8 Å². The summed E-state index contributed by atoms with van der Waals surface area (Å²) < 4.78 is 7.03. The molecule has 0 radical (unpaired) electrons. The Kier molecular flexibility index (Phi) is 3.48. The third kappa shape index (κ3) is 2.81. The van der Waals surface area contributed by atoms with Crippen LogP contribution in [0.4, 0.5) is 4.79 Å². The van der Waals surface area contributed by atoms with E-state index in [0.29, 0.717) is 45.4 Å². The van der Waals surface area contributed by atoms with Crippen molar-refractivity contribution in [3.8, 4) is 0 Å². The molecule has 0 saturated carbocycles. The molecule has 9 nitrogen and oxygen atoms in total. The lowest BCUT2D eigenvalue weighted by Crippen LogP contribution is -2.39. The smallest absolute Gasteiger partial charge is 0.410 e. The number of carbonyl (C=O) groups is 2. The van der Waals surface area contributed by atoms with E-state index in [1.165, 1.54) is 6.33 Å².